The van der Waals surface area contributed by atoms with E-state index in [0.717, 1.165) is 0 Å². The molecule has 0 bridgehead atoms. The number of hydrogen-bond acceptors (Lipinski definition) is 4. The zero-order valence-corrected chi connectivity index (χ0v) is 13.4. The summed E-state index contributed by atoms with van der Waals surface area (Å²) in [6.07, 6.45) is 0.653. The van der Waals surface area contributed by atoms with E-state index < -0.39 is 11.6 Å². The normalized spacial score (nSPS) is 10.5. The third-order valence-electron chi connectivity index (χ3n) is 3.73. The van der Waals surface area contributed by atoms with Crippen molar-refractivity contribution in [1.82, 2.24) is 20.2 Å². The van der Waals surface area contributed by atoms with Gasteiger partial charge in [-0.2, -0.15) is 0 Å². The van der Waals surface area contributed by atoms with Crippen LogP contribution in [-0.2, 0) is 11.3 Å². The van der Waals surface area contributed by atoms with Crippen LogP contribution in [0.5, 0.6) is 0 Å². The molecular formula is C18H14F2N4O. The summed E-state index contributed by atoms with van der Waals surface area (Å²) in [4.78, 5) is 11.9. The SMILES string of the molecule is CCn1nnnc1C(C=O)=C(c1ccc(F)cc1)c1ccc(F)cc1. The maximum absolute atomic E-state index is 13.3. The molecule has 0 N–H and O–H groups in total. The number of carbonyl (C=O) groups is 1. The van der Waals surface area contributed by atoms with Gasteiger partial charge in [0.15, 0.2) is 12.1 Å². The van der Waals surface area contributed by atoms with Crippen molar-refractivity contribution in [3.8, 4) is 0 Å². The second-order valence-electron chi connectivity index (χ2n) is 5.24. The monoisotopic (exact) mass is 340 g/mol. The fourth-order valence-electron chi connectivity index (χ4n) is 2.54. The van der Waals surface area contributed by atoms with E-state index in [9.17, 15) is 13.6 Å². The number of aryl methyl sites for hydroxylation is 1. The highest BCUT2D eigenvalue weighted by Crippen LogP contribution is 2.30. The van der Waals surface area contributed by atoms with Crippen molar-refractivity contribution >= 4 is 17.4 Å². The summed E-state index contributed by atoms with van der Waals surface area (Å²) in [5.74, 6) is -0.498. The van der Waals surface area contributed by atoms with Gasteiger partial charge in [0.1, 0.15) is 11.6 Å². The molecule has 1 aromatic heterocycles. The number of halogens is 2. The smallest absolute Gasteiger partial charge is 0.185 e. The Bertz CT molecular complexity index is 868. The molecule has 2 aromatic carbocycles. The Kier molecular flexibility index (Phi) is 4.74. The quantitative estimate of drug-likeness (QED) is 0.529. The predicted molar refractivity (Wildman–Crippen MR) is 88.3 cm³/mol. The van der Waals surface area contributed by atoms with Gasteiger partial charge in [-0.1, -0.05) is 24.3 Å². The average Bonchev–Trinajstić information content (AvgIpc) is 3.10. The first-order chi connectivity index (χ1) is 12.1. The van der Waals surface area contributed by atoms with E-state index in [-0.39, 0.29) is 5.57 Å². The summed E-state index contributed by atoms with van der Waals surface area (Å²) >= 11 is 0. The average molecular weight is 340 g/mol. The number of carbonyl (C=O) groups excluding carboxylic acids is 1. The van der Waals surface area contributed by atoms with Crippen molar-refractivity contribution in [3.05, 3.63) is 77.1 Å². The number of nitrogens with zero attached hydrogens (tertiary/aromatic N) is 4. The molecule has 1 heterocycles. The Morgan fingerprint density at radius 2 is 1.52 bits per heavy atom. The zero-order chi connectivity index (χ0) is 17.8. The van der Waals surface area contributed by atoms with Crippen molar-refractivity contribution in [2.45, 2.75) is 13.5 Å². The van der Waals surface area contributed by atoms with E-state index in [1.165, 1.54) is 28.9 Å². The second-order valence-corrected chi connectivity index (χ2v) is 5.24. The molecule has 0 radical (unpaired) electrons. The van der Waals surface area contributed by atoms with E-state index in [2.05, 4.69) is 15.5 Å². The van der Waals surface area contributed by atoms with Crippen LogP contribution in [-0.4, -0.2) is 26.5 Å². The fourth-order valence-corrected chi connectivity index (χ4v) is 2.54. The molecule has 126 valence electrons. The summed E-state index contributed by atoms with van der Waals surface area (Å²) in [5.41, 5.74) is 1.94. The lowest BCUT2D eigenvalue weighted by atomic mass is 9.93. The Labute approximate surface area is 142 Å². The van der Waals surface area contributed by atoms with Gasteiger partial charge in [-0.05, 0) is 52.7 Å². The van der Waals surface area contributed by atoms with Crippen LogP contribution < -0.4 is 0 Å². The van der Waals surface area contributed by atoms with Crippen LogP contribution >= 0.6 is 0 Å². The highest BCUT2D eigenvalue weighted by Gasteiger charge is 2.19. The van der Waals surface area contributed by atoms with Crippen LogP contribution in [0.4, 0.5) is 8.78 Å². The molecular weight excluding hydrogens is 326 g/mol. The topological polar surface area (TPSA) is 60.7 Å². The molecule has 0 saturated heterocycles. The summed E-state index contributed by atoms with van der Waals surface area (Å²) in [7, 11) is 0. The molecule has 0 saturated carbocycles. The highest BCUT2D eigenvalue weighted by atomic mass is 19.1. The molecule has 3 aromatic rings. The molecule has 7 heteroatoms. The number of hydrogen-bond donors (Lipinski definition) is 0. The Morgan fingerprint density at radius 3 is 1.96 bits per heavy atom. The lowest BCUT2D eigenvalue weighted by molar-refractivity contribution is -0.103. The Hall–Kier alpha value is -3.22. The van der Waals surface area contributed by atoms with Crippen molar-refractivity contribution in [2.75, 3.05) is 0 Å². The number of benzene rings is 2. The molecule has 0 aliphatic heterocycles. The Balaban J connectivity index is 2.30. The molecule has 5 nitrogen and oxygen atoms in total. The van der Waals surface area contributed by atoms with Gasteiger partial charge in [0.2, 0.25) is 0 Å². The van der Waals surface area contributed by atoms with E-state index in [4.69, 9.17) is 0 Å². The maximum Gasteiger partial charge on any atom is 0.185 e. The number of allylic oxidation sites excluding steroid dienone is 1. The van der Waals surface area contributed by atoms with Gasteiger partial charge < -0.3 is 0 Å². The van der Waals surface area contributed by atoms with Crippen LogP contribution in [0.1, 0.15) is 23.9 Å². The van der Waals surface area contributed by atoms with E-state index in [1.54, 1.807) is 24.3 Å². The van der Waals surface area contributed by atoms with Gasteiger partial charge >= 0.3 is 0 Å². The fraction of sp³-hybridized carbons (Fsp3) is 0.111. The molecule has 0 fully saturated rings. The summed E-state index contributed by atoms with van der Waals surface area (Å²) in [5, 5.41) is 11.4. The zero-order valence-electron chi connectivity index (χ0n) is 13.4. The van der Waals surface area contributed by atoms with Gasteiger partial charge in [-0.15, -0.1) is 5.10 Å². The first-order valence-electron chi connectivity index (χ1n) is 7.62. The van der Waals surface area contributed by atoms with Crippen LogP contribution in [0.3, 0.4) is 0 Å². The molecule has 0 spiro atoms. The van der Waals surface area contributed by atoms with E-state index >= 15 is 0 Å². The standard InChI is InChI=1S/C18H14F2N4O/c1-2-24-18(21-22-23-24)16(11-25)17(12-3-7-14(19)8-4-12)13-5-9-15(20)10-6-13/h3-11H,2H2,1H3. The minimum absolute atomic E-state index is 0.241. The number of aromatic nitrogens is 4. The molecule has 0 aliphatic rings. The minimum Gasteiger partial charge on any atom is -0.298 e. The highest BCUT2D eigenvalue weighted by molar-refractivity contribution is 6.19. The van der Waals surface area contributed by atoms with Crippen LogP contribution in [0.2, 0.25) is 0 Å². The first kappa shape index (κ1) is 16.6. The van der Waals surface area contributed by atoms with Crippen molar-refractivity contribution in [1.29, 1.82) is 0 Å². The van der Waals surface area contributed by atoms with Gasteiger partial charge in [0.05, 0.1) is 5.57 Å². The molecule has 3 rings (SSSR count). The number of aldehydes is 1. The Morgan fingerprint density at radius 1 is 1.00 bits per heavy atom. The van der Waals surface area contributed by atoms with Crippen LogP contribution in [0.25, 0.3) is 11.1 Å². The number of rotatable bonds is 5. The lowest BCUT2D eigenvalue weighted by Crippen LogP contribution is -2.06. The van der Waals surface area contributed by atoms with Crippen molar-refractivity contribution < 1.29 is 13.6 Å². The van der Waals surface area contributed by atoms with Crippen LogP contribution in [0.15, 0.2) is 48.5 Å². The third-order valence-corrected chi connectivity index (χ3v) is 3.73. The largest absolute Gasteiger partial charge is 0.298 e. The molecule has 0 atom stereocenters. The molecule has 0 unspecified atom stereocenters. The van der Waals surface area contributed by atoms with Gasteiger partial charge in [-0.3, -0.25) is 4.79 Å². The number of tetrazole rings is 1. The summed E-state index contributed by atoms with van der Waals surface area (Å²) in [6.45, 7) is 2.32. The summed E-state index contributed by atoms with van der Waals surface area (Å²) in [6, 6.07) is 11.4. The van der Waals surface area contributed by atoms with Crippen molar-refractivity contribution in [2.24, 2.45) is 0 Å². The van der Waals surface area contributed by atoms with Gasteiger partial charge in [0.25, 0.3) is 0 Å². The predicted octanol–water partition coefficient (Wildman–Crippen LogP) is 3.13. The minimum atomic E-state index is -0.395. The van der Waals surface area contributed by atoms with Gasteiger partial charge in [0, 0.05) is 12.1 Å². The van der Waals surface area contributed by atoms with Crippen molar-refractivity contribution in [3.63, 3.8) is 0 Å². The van der Waals surface area contributed by atoms with Crippen LogP contribution in [0, 0.1) is 11.6 Å². The molecule has 0 aliphatic carbocycles. The molecule has 0 amide bonds. The first-order valence-corrected chi connectivity index (χ1v) is 7.62. The molecule has 25 heavy (non-hydrogen) atoms. The van der Waals surface area contributed by atoms with E-state index in [0.29, 0.717) is 35.4 Å². The lowest BCUT2D eigenvalue weighted by Gasteiger charge is -2.12. The second kappa shape index (κ2) is 7.12. The third kappa shape index (κ3) is 3.35. The van der Waals surface area contributed by atoms with Gasteiger partial charge in [-0.25, -0.2) is 13.5 Å². The summed E-state index contributed by atoms with van der Waals surface area (Å²) < 4.78 is 28.1. The van der Waals surface area contributed by atoms with E-state index in [1.807, 2.05) is 6.92 Å². The maximum atomic E-state index is 13.3.